The highest BCUT2D eigenvalue weighted by atomic mass is 16.6. The van der Waals surface area contributed by atoms with Crippen LogP contribution >= 0.6 is 0 Å². The van der Waals surface area contributed by atoms with Crippen molar-refractivity contribution in [3.05, 3.63) is 48.3 Å². The monoisotopic (exact) mass is 298 g/mol. The molecule has 0 aliphatic heterocycles. The summed E-state index contributed by atoms with van der Waals surface area (Å²) < 4.78 is 6.80. The van der Waals surface area contributed by atoms with Crippen LogP contribution in [0.15, 0.2) is 42.7 Å². The van der Waals surface area contributed by atoms with Gasteiger partial charge in [0.05, 0.1) is 18.0 Å². The van der Waals surface area contributed by atoms with Gasteiger partial charge in [-0.05, 0) is 32.9 Å². The van der Waals surface area contributed by atoms with Crippen LogP contribution in [0.2, 0.25) is 0 Å². The second kappa shape index (κ2) is 6.31. The molecule has 0 bridgehead atoms. The Morgan fingerprint density at radius 2 is 2.05 bits per heavy atom. The molecule has 114 valence electrons. The molecule has 1 aromatic heterocycles. The van der Waals surface area contributed by atoms with Gasteiger partial charge < -0.3 is 10.1 Å². The number of rotatable bonds is 3. The first kappa shape index (κ1) is 15.6. The summed E-state index contributed by atoms with van der Waals surface area (Å²) in [5, 5.41) is 16.0. The van der Waals surface area contributed by atoms with Gasteiger partial charge in [0.15, 0.2) is 0 Å². The van der Waals surface area contributed by atoms with Crippen molar-refractivity contribution in [2.24, 2.45) is 0 Å². The molecule has 6 nitrogen and oxygen atoms in total. The highest BCUT2D eigenvalue weighted by Crippen LogP contribution is 2.15. The average Bonchev–Trinajstić information content (AvgIpc) is 2.93. The minimum Gasteiger partial charge on any atom is -0.444 e. The molecule has 1 atom stereocenters. The first-order chi connectivity index (χ1) is 10.4. The predicted octanol–water partition coefficient (Wildman–Crippen LogP) is 2.96. The van der Waals surface area contributed by atoms with E-state index in [-0.39, 0.29) is 0 Å². The fourth-order valence-corrected chi connectivity index (χ4v) is 1.82. The molecular formula is C16H18N4O2. The van der Waals surface area contributed by atoms with E-state index in [4.69, 9.17) is 4.74 Å². The van der Waals surface area contributed by atoms with Crippen molar-refractivity contribution >= 4 is 6.09 Å². The van der Waals surface area contributed by atoms with E-state index in [1.54, 1.807) is 37.8 Å². The van der Waals surface area contributed by atoms with Gasteiger partial charge in [-0.2, -0.15) is 10.4 Å². The summed E-state index contributed by atoms with van der Waals surface area (Å²) in [7, 11) is 0. The van der Waals surface area contributed by atoms with Crippen LogP contribution in [0.5, 0.6) is 0 Å². The summed E-state index contributed by atoms with van der Waals surface area (Å²) in [6.45, 7) is 5.30. The third kappa shape index (κ3) is 4.09. The Bertz CT molecular complexity index is 680. The highest BCUT2D eigenvalue weighted by molar-refractivity contribution is 5.69. The van der Waals surface area contributed by atoms with Crippen molar-refractivity contribution in [1.82, 2.24) is 15.1 Å². The lowest BCUT2D eigenvalue weighted by molar-refractivity contribution is 0.0515. The molecule has 0 saturated carbocycles. The number of aromatic nitrogens is 2. The van der Waals surface area contributed by atoms with Crippen molar-refractivity contribution in [2.45, 2.75) is 32.4 Å². The van der Waals surface area contributed by atoms with E-state index >= 15 is 0 Å². The predicted molar refractivity (Wildman–Crippen MR) is 81.3 cm³/mol. The molecule has 6 heteroatoms. The summed E-state index contributed by atoms with van der Waals surface area (Å²) in [4.78, 5) is 11.8. The Balaban J connectivity index is 2.11. The number of nitriles is 1. The second-order valence-corrected chi connectivity index (χ2v) is 5.76. The standard InChI is InChI=1S/C16H18N4O2/c1-16(2,3)22-15(21)19-14(9-17)12-10-18-20(11-12)13-7-5-4-6-8-13/h4-8,10-11,14H,1-3H3,(H,19,21). The smallest absolute Gasteiger partial charge is 0.408 e. The molecule has 1 heterocycles. The van der Waals surface area contributed by atoms with E-state index in [1.807, 2.05) is 36.4 Å². The van der Waals surface area contributed by atoms with E-state index in [9.17, 15) is 10.1 Å². The van der Waals surface area contributed by atoms with Gasteiger partial charge in [-0.1, -0.05) is 18.2 Å². The minimum absolute atomic E-state index is 0.595. The Labute approximate surface area is 129 Å². The van der Waals surface area contributed by atoms with E-state index in [0.29, 0.717) is 5.56 Å². The van der Waals surface area contributed by atoms with Crippen LogP contribution in [-0.2, 0) is 4.74 Å². The largest absolute Gasteiger partial charge is 0.444 e. The quantitative estimate of drug-likeness (QED) is 0.944. The SMILES string of the molecule is CC(C)(C)OC(=O)NC(C#N)c1cnn(-c2ccccc2)c1. The lowest BCUT2D eigenvalue weighted by Gasteiger charge is -2.20. The lowest BCUT2D eigenvalue weighted by atomic mass is 10.2. The zero-order valence-corrected chi connectivity index (χ0v) is 12.8. The zero-order valence-electron chi connectivity index (χ0n) is 12.8. The number of nitrogens with one attached hydrogen (secondary N) is 1. The van der Waals surface area contributed by atoms with Crippen molar-refractivity contribution in [3.63, 3.8) is 0 Å². The van der Waals surface area contributed by atoms with Crippen molar-refractivity contribution in [3.8, 4) is 11.8 Å². The number of carbonyl (C=O) groups excluding carboxylic acids is 1. The molecule has 1 N–H and O–H groups in total. The van der Waals surface area contributed by atoms with E-state index in [0.717, 1.165) is 5.69 Å². The molecule has 0 saturated heterocycles. The first-order valence-electron chi connectivity index (χ1n) is 6.88. The Kier molecular flexibility index (Phi) is 4.47. The second-order valence-electron chi connectivity index (χ2n) is 5.76. The number of hydrogen-bond donors (Lipinski definition) is 1. The number of hydrogen-bond acceptors (Lipinski definition) is 4. The van der Waals surface area contributed by atoms with Gasteiger partial charge in [0.1, 0.15) is 11.6 Å². The Morgan fingerprint density at radius 1 is 1.36 bits per heavy atom. The van der Waals surface area contributed by atoms with Gasteiger partial charge in [0.25, 0.3) is 0 Å². The summed E-state index contributed by atoms with van der Waals surface area (Å²) in [6.07, 6.45) is 2.63. The Morgan fingerprint density at radius 3 is 2.64 bits per heavy atom. The molecule has 2 rings (SSSR count). The van der Waals surface area contributed by atoms with E-state index in [2.05, 4.69) is 10.4 Å². The molecular weight excluding hydrogens is 280 g/mol. The van der Waals surface area contributed by atoms with Crippen LogP contribution in [-0.4, -0.2) is 21.5 Å². The third-order valence-electron chi connectivity index (χ3n) is 2.75. The van der Waals surface area contributed by atoms with Gasteiger partial charge in [-0.25, -0.2) is 9.48 Å². The maximum atomic E-state index is 11.8. The van der Waals surface area contributed by atoms with Gasteiger partial charge >= 0.3 is 6.09 Å². The summed E-state index contributed by atoms with van der Waals surface area (Å²) in [5.41, 5.74) is 0.859. The molecule has 1 amide bonds. The average molecular weight is 298 g/mol. The normalized spacial score (nSPS) is 12.3. The molecule has 0 fully saturated rings. The van der Waals surface area contributed by atoms with Gasteiger partial charge in [0.2, 0.25) is 0 Å². The molecule has 2 aromatic rings. The number of benzene rings is 1. The van der Waals surface area contributed by atoms with Crippen LogP contribution in [0, 0.1) is 11.3 Å². The first-order valence-corrected chi connectivity index (χ1v) is 6.88. The molecule has 22 heavy (non-hydrogen) atoms. The number of carbonyl (C=O) groups is 1. The van der Waals surface area contributed by atoms with Crippen molar-refractivity contribution < 1.29 is 9.53 Å². The highest BCUT2D eigenvalue weighted by Gasteiger charge is 2.21. The number of alkyl carbamates (subject to hydrolysis) is 1. The number of amides is 1. The summed E-state index contributed by atoms with van der Waals surface area (Å²) in [5.74, 6) is 0. The van der Waals surface area contributed by atoms with Crippen LogP contribution in [0.3, 0.4) is 0 Å². The zero-order chi connectivity index (χ0) is 16.2. The van der Waals surface area contributed by atoms with E-state index < -0.39 is 17.7 Å². The molecule has 0 aliphatic carbocycles. The van der Waals surface area contributed by atoms with Crippen LogP contribution in [0.1, 0.15) is 32.4 Å². The molecule has 1 aromatic carbocycles. The van der Waals surface area contributed by atoms with Crippen LogP contribution < -0.4 is 5.32 Å². The van der Waals surface area contributed by atoms with Gasteiger partial charge in [-0.15, -0.1) is 0 Å². The van der Waals surface area contributed by atoms with E-state index in [1.165, 1.54) is 0 Å². The van der Waals surface area contributed by atoms with Crippen LogP contribution in [0.25, 0.3) is 5.69 Å². The molecule has 0 radical (unpaired) electrons. The fraction of sp³-hybridized carbons (Fsp3) is 0.312. The summed E-state index contributed by atoms with van der Waals surface area (Å²) in [6, 6.07) is 10.7. The van der Waals surface area contributed by atoms with Gasteiger partial charge in [-0.3, -0.25) is 0 Å². The lowest BCUT2D eigenvalue weighted by Crippen LogP contribution is -2.34. The maximum absolute atomic E-state index is 11.8. The molecule has 0 aliphatic rings. The number of nitrogens with zero attached hydrogens (tertiary/aromatic N) is 3. The number of ether oxygens (including phenoxy) is 1. The Hall–Kier alpha value is -2.81. The van der Waals surface area contributed by atoms with Gasteiger partial charge in [0, 0.05) is 11.8 Å². The topological polar surface area (TPSA) is 79.9 Å². The van der Waals surface area contributed by atoms with Crippen LogP contribution in [0.4, 0.5) is 4.79 Å². The molecule has 1 unspecified atom stereocenters. The minimum atomic E-state index is -0.813. The van der Waals surface area contributed by atoms with Crippen molar-refractivity contribution in [1.29, 1.82) is 5.26 Å². The maximum Gasteiger partial charge on any atom is 0.408 e. The third-order valence-corrected chi connectivity index (χ3v) is 2.75. The van der Waals surface area contributed by atoms with Crippen molar-refractivity contribution in [2.75, 3.05) is 0 Å². The molecule has 0 spiro atoms. The fourth-order valence-electron chi connectivity index (χ4n) is 1.82. The summed E-state index contributed by atoms with van der Waals surface area (Å²) >= 11 is 0. The number of para-hydroxylation sites is 1.